The molecule has 0 aliphatic rings. The second-order valence-electron chi connectivity index (χ2n) is 2.50. The predicted molar refractivity (Wildman–Crippen MR) is 46.4 cm³/mol. The molecule has 2 aromatic rings. The Balaban J connectivity index is 2.26. The van der Waals surface area contributed by atoms with Crippen LogP contribution in [0.4, 0.5) is 5.82 Å². The highest BCUT2D eigenvalue weighted by atomic mass is 16.3. The Morgan fingerprint density at radius 1 is 1.46 bits per heavy atom. The van der Waals surface area contributed by atoms with Gasteiger partial charge in [0, 0.05) is 6.54 Å². The summed E-state index contributed by atoms with van der Waals surface area (Å²) in [7, 11) is 0. The lowest BCUT2D eigenvalue weighted by Gasteiger charge is -2.01. The molecule has 0 aromatic carbocycles. The van der Waals surface area contributed by atoms with Gasteiger partial charge in [0.25, 0.3) is 0 Å². The summed E-state index contributed by atoms with van der Waals surface area (Å²) in [5, 5.41) is 23.2. The van der Waals surface area contributed by atoms with Crippen LogP contribution in [0.15, 0.2) is 18.5 Å². The molecule has 68 valence electrons. The van der Waals surface area contributed by atoms with Crippen molar-refractivity contribution in [3.05, 3.63) is 18.5 Å². The Kier molecular flexibility index (Phi) is 2.05. The highest BCUT2D eigenvalue weighted by molar-refractivity contribution is 5.42. The SMILES string of the molecule is OCCNc1ccc2nncn2n1. The Morgan fingerprint density at radius 3 is 3.23 bits per heavy atom. The first-order valence-electron chi connectivity index (χ1n) is 3.92. The Morgan fingerprint density at radius 2 is 2.38 bits per heavy atom. The van der Waals surface area contributed by atoms with Crippen LogP contribution in [0.1, 0.15) is 0 Å². The number of aliphatic hydroxyl groups excluding tert-OH is 1. The van der Waals surface area contributed by atoms with Crippen molar-refractivity contribution >= 4 is 11.5 Å². The zero-order valence-corrected chi connectivity index (χ0v) is 6.88. The third kappa shape index (κ3) is 1.57. The number of nitrogens with one attached hydrogen (secondary N) is 1. The van der Waals surface area contributed by atoms with Gasteiger partial charge in [-0.05, 0) is 12.1 Å². The number of rotatable bonds is 3. The van der Waals surface area contributed by atoms with E-state index in [4.69, 9.17) is 5.11 Å². The number of aliphatic hydroxyl groups is 1. The van der Waals surface area contributed by atoms with Crippen molar-refractivity contribution < 1.29 is 5.11 Å². The van der Waals surface area contributed by atoms with E-state index in [-0.39, 0.29) is 6.61 Å². The van der Waals surface area contributed by atoms with Crippen LogP contribution in [0.25, 0.3) is 5.65 Å². The molecule has 0 atom stereocenters. The van der Waals surface area contributed by atoms with Gasteiger partial charge >= 0.3 is 0 Å². The zero-order valence-electron chi connectivity index (χ0n) is 6.88. The fraction of sp³-hybridized carbons (Fsp3) is 0.286. The van der Waals surface area contributed by atoms with Crippen LogP contribution in [-0.4, -0.2) is 38.1 Å². The number of anilines is 1. The van der Waals surface area contributed by atoms with Crippen molar-refractivity contribution in [3.8, 4) is 0 Å². The molecule has 0 saturated heterocycles. The maximum absolute atomic E-state index is 8.58. The number of hydrogen-bond acceptors (Lipinski definition) is 5. The van der Waals surface area contributed by atoms with Crippen LogP contribution in [-0.2, 0) is 0 Å². The standard InChI is InChI=1S/C7H9N5O/c13-4-3-8-6-1-2-7-10-9-5-12(7)11-6/h1-2,5,13H,3-4H2,(H,8,11). The molecule has 0 aliphatic carbocycles. The Hall–Kier alpha value is -1.69. The number of fused-ring (bicyclic) bond motifs is 1. The van der Waals surface area contributed by atoms with Gasteiger partial charge in [-0.15, -0.1) is 15.3 Å². The molecule has 0 spiro atoms. The smallest absolute Gasteiger partial charge is 0.177 e. The normalized spacial score (nSPS) is 10.5. The summed E-state index contributed by atoms with van der Waals surface area (Å²) in [6, 6.07) is 3.60. The lowest BCUT2D eigenvalue weighted by molar-refractivity contribution is 0.311. The van der Waals surface area contributed by atoms with Gasteiger partial charge in [-0.25, -0.2) is 0 Å². The number of hydrogen-bond donors (Lipinski definition) is 2. The van der Waals surface area contributed by atoms with Crippen molar-refractivity contribution in [1.82, 2.24) is 19.8 Å². The van der Waals surface area contributed by atoms with Crippen molar-refractivity contribution in [1.29, 1.82) is 0 Å². The topological polar surface area (TPSA) is 75.3 Å². The van der Waals surface area contributed by atoms with Gasteiger partial charge in [0.1, 0.15) is 12.1 Å². The highest BCUT2D eigenvalue weighted by Crippen LogP contribution is 2.02. The minimum absolute atomic E-state index is 0.0852. The molecule has 0 unspecified atom stereocenters. The van der Waals surface area contributed by atoms with E-state index < -0.39 is 0 Å². The quantitative estimate of drug-likeness (QED) is 0.666. The zero-order chi connectivity index (χ0) is 9.10. The summed E-state index contributed by atoms with van der Waals surface area (Å²) in [5.41, 5.74) is 0.703. The summed E-state index contributed by atoms with van der Waals surface area (Å²) in [6.45, 7) is 0.572. The minimum Gasteiger partial charge on any atom is -0.395 e. The average Bonchev–Trinajstić information content (AvgIpc) is 2.61. The lowest BCUT2D eigenvalue weighted by Crippen LogP contribution is -2.08. The molecule has 0 bridgehead atoms. The number of aromatic nitrogens is 4. The summed E-state index contributed by atoms with van der Waals surface area (Å²) in [5.74, 6) is 0.696. The second-order valence-corrected chi connectivity index (χ2v) is 2.50. The highest BCUT2D eigenvalue weighted by Gasteiger charge is 1.97. The molecule has 0 radical (unpaired) electrons. The predicted octanol–water partition coefficient (Wildman–Crippen LogP) is -0.472. The van der Waals surface area contributed by atoms with Gasteiger partial charge in [0.05, 0.1) is 6.61 Å². The molecule has 2 heterocycles. The molecule has 2 aromatic heterocycles. The van der Waals surface area contributed by atoms with Crippen LogP contribution in [0.2, 0.25) is 0 Å². The largest absolute Gasteiger partial charge is 0.395 e. The Labute approximate surface area is 74.2 Å². The van der Waals surface area contributed by atoms with Crippen molar-refractivity contribution in [2.24, 2.45) is 0 Å². The maximum atomic E-state index is 8.58. The first kappa shape index (κ1) is 7.93. The molecule has 2 N–H and O–H groups in total. The van der Waals surface area contributed by atoms with Gasteiger partial charge in [-0.3, -0.25) is 0 Å². The second kappa shape index (κ2) is 3.36. The van der Waals surface area contributed by atoms with E-state index in [0.717, 1.165) is 0 Å². The average molecular weight is 179 g/mol. The third-order valence-corrected chi connectivity index (χ3v) is 1.58. The molecule has 6 nitrogen and oxygen atoms in total. The molecule has 6 heteroatoms. The Bertz CT molecular complexity index is 398. The molecule has 0 saturated carbocycles. The van der Waals surface area contributed by atoms with E-state index >= 15 is 0 Å². The first-order valence-corrected chi connectivity index (χ1v) is 3.92. The summed E-state index contributed by atoms with van der Waals surface area (Å²) in [6.07, 6.45) is 1.53. The molecule has 0 fully saturated rings. The summed E-state index contributed by atoms with van der Waals surface area (Å²) < 4.78 is 1.57. The van der Waals surface area contributed by atoms with Gasteiger partial charge in [-0.1, -0.05) is 0 Å². The van der Waals surface area contributed by atoms with E-state index in [9.17, 15) is 0 Å². The van der Waals surface area contributed by atoms with Crippen LogP contribution in [0.3, 0.4) is 0 Å². The molecule has 2 rings (SSSR count). The van der Waals surface area contributed by atoms with Gasteiger partial charge in [0.15, 0.2) is 5.65 Å². The van der Waals surface area contributed by atoms with Crippen LogP contribution >= 0.6 is 0 Å². The molecular weight excluding hydrogens is 170 g/mol. The fourth-order valence-corrected chi connectivity index (χ4v) is 1.01. The van der Waals surface area contributed by atoms with E-state index in [0.29, 0.717) is 18.0 Å². The lowest BCUT2D eigenvalue weighted by atomic mass is 10.5. The molecule has 0 aliphatic heterocycles. The number of nitrogens with zero attached hydrogens (tertiary/aromatic N) is 4. The van der Waals surface area contributed by atoms with Gasteiger partial charge in [0.2, 0.25) is 0 Å². The van der Waals surface area contributed by atoms with E-state index in [1.54, 1.807) is 16.6 Å². The van der Waals surface area contributed by atoms with Crippen molar-refractivity contribution in [2.75, 3.05) is 18.5 Å². The monoisotopic (exact) mass is 179 g/mol. The van der Waals surface area contributed by atoms with E-state index in [1.165, 1.54) is 6.33 Å². The maximum Gasteiger partial charge on any atom is 0.177 e. The van der Waals surface area contributed by atoms with Crippen LogP contribution in [0.5, 0.6) is 0 Å². The van der Waals surface area contributed by atoms with Crippen molar-refractivity contribution in [2.45, 2.75) is 0 Å². The fourth-order valence-electron chi connectivity index (χ4n) is 1.01. The van der Waals surface area contributed by atoms with E-state index in [2.05, 4.69) is 20.6 Å². The van der Waals surface area contributed by atoms with Gasteiger partial charge < -0.3 is 10.4 Å². The van der Waals surface area contributed by atoms with Crippen LogP contribution < -0.4 is 5.32 Å². The van der Waals surface area contributed by atoms with Crippen molar-refractivity contribution in [3.63, 3.8) is 0 Å². The molecule has 13 heavy (non-hydrogen) atoms. The van der Waals surface area contributed by atoms with E-state index in [1.807, 2.05) is 0 Å². The summed E-state index contributed by atoms with van der Waals surface area (Å²) in [4.78, 5) is 0. The summed E-state index contributed by atoms with van der Waals surface area (Å²) >= 11 is 0. The van der Waals surface area contributed by atoms with Crippen LogP contribution in [0, 0.1) is 0 Å². The molecular formula is C7H9N5O. The minimum atomic E-state index is 0.0852. The van der Waals surface area contributed by atoms with Gasteiger partial charge in [-0.2, -0.15) is 4.52 Å². The third-order valence-electron chi connectivity index (χ3n) is 1.58. The molecule has 0 amide bonds. The first-order chi connectivity index (χ1) is 6.40.